The number of amides is 1. The molecular formula is C28H27N5OS. The van der Waals surface area contributed by atoms with Gasteiger partial charge in [-0.05, 0) is 68.3 Å². The molecule has 6 rings (SSSR count). The van der Waals surface area contributed by atoms with E-state index in [0.29, 0.717) is 0 Å². The second-order valence-corrected chi connectivity index (χ2v) is 10.2. The van der Waals surface area contributed by atoms with Gasteiger partial charge in [-0.3, -0.25) is 9.78 Å². The number of nitrogens with zero attached hydrogens (tertiary/aromatic N) is 2. The lowest BCUT2D eigenvalue weighted by Crippen LogP contribution is -2.39. The molecule has 1 fully saturated rings. The lowest BCUT2D eigenvalue weighted by molar-refractivity contribution is 0.0748. The molecule has 1 aliphatic rings. The van der Waals surface area contributed by atoms with Gasteiger partial charge >= 0.3 is 0 Å². The molecule has 3 aromatic heterocycles. The Kier molecular flexibility index (Phi) is 5.62. The molecule has 1 saturated heterocycles. The molecule has 0 saturated carbocycles. The molecule has 4 heterocycles. The number of aromatic amines is 1. The Labute approximate surface area is 208 Å². The Bertz CT molecular complexity index is 1510. The highest BCUT2D eigenvalue weighted by Crippen LogP contribution is 2.34. The minimum atomic E-state index is 0.0977. The molecule has 5 aromatic rings. The highest BCUT2D eigenvalue weighted by atomic mass is 32.1. The minimum Gasteiger partial charge on any atom is -0.383 e. The van der Waals surface area contributed by atoms with Crippen LogP contribution in [0.15, 0.2) is 72.9 Å². The van der Waals surface area contributed by atoms with Gasteiger partial charge in [-0.2, -0.15) is 0 Å². The Morgan fingerprint density at radius 3 is 2.89 bits per heavy atom. The third kappa shape index (κ3) is 4.35. The molecule has 0 unspecified atom stereocenters. The predicted octanol–water partition coefficient (Wildman–Crippen LogP) is 6.55. The summed E-state index contributed by atoms with van der Waals surface area (Å²) in [4.78, 5) is 24.2. The summed E-state index contributed by atoms with van der Waals surface area (Å²) in [5.41, 5.74) is 6.18. The molecule has 1 atom stereocenters. The molecule has 0 aliphatic carbocycles. The fourth-order valence-corrected chi connectivity index (χ4v) is 5.94. The molecule has 3 N–H and O–H groups in total. The zero-order valence-electron chi connectivity index (χ0n) is 19.5. The number of carbonyl (C=O) groups excluding carboxylic acids is 1. The molecule has 2 aromatic carbocycles. The van der Waals surface area contributed by atoms with Crippen LogP contribution in [0.4, 0.5) is 17.1 Å². The number of rotatable bonds is 6. The lowest BCUT2D eigenvalue weighted by atomic mass is 10.2. The van der Waals surface area contributed by atoms with Crippen molar-refractivity contribution in [3.05, 3.63) is 83.5 Å². The highest BCUT2D eigenvalue weighted by Gasteiger charge is 2.30. The van der Waals surface area contributed by atoms with E-state index in [1.165, 1.54) is 16.7 Å². The van der Waals surface area contributed by atoms with Crippen LogP contribution in [0.25, 0.3) is 21.1 Å². The molecule has 0 radical (unpaired) electrons. The average Bonchev–Trinajstić information content (AvgIpc) is 3.60. The number of fused-ring (bicyclic) bond motifs is 2. The van der Waals surface area contributed by atoms with E-state index in [0.717, 1.165) is 69.3 Å². The summed E-state index contributed by atoms with van der Waals surface area (Å²) in [6, 6.07) is 22.7. The molecule has 0 spiro atoms. The number of nitrogens with one attached hydrogen (secondary N) is 3. The van der Waals surface area contributed by atoms with Gasteiger partial charge in [0.25, 0.3) is 5.91 Å². The molecule has 7 heteroatoms. The van der Waals surface area contributed by atoms with Gasteiger partial charge in [0.2, 0.25) is 0 Å². The smallest absolute Gasteiger partial charge is 0.264 e. The first kappa shape index (κ1) is 21.7. The van der Waals surface area contributed by atoms with E-state index in [1.54, 1.807) is 6.20 Å². The van der Waals surface area contributed by atoms with E-state index in [9.17, 15) is 4.79 Å². The van der Waals surface area contributed by atoms with E-state index in [4.69, 9.17) is 0 Å². The normalized spacial score (nSPS) is 15.7. The van der Waals surface area contributed by atoms with Gasteiger partial charge in [-0.15, -0.1) is 11.3 Å². The maximum absolute atomic E-state index is 13.5. The molecule has 0 bridgehead atoms. The Hall–Kier alpha value is -3.84. The minimum absolute atomic E-state index is 0.0977. The van der Waals surface area contributed by atoms with Crippen LogP contribution in [-0.4, -0.2) is 39.9 Å². The van der Waals surface area contributed by atoms with E-state index in [2.05, 4.69) is 63.9 Å². The van der Waals surface area contributed by atoms with Crippen molar-refractivity contribution < 1.29 is 4.79 Å². The Morgan fingerprint density at radius 2 is 2.00 bits per heavy atom. The molecule has 176 valence electrons. The molecule has 1 aliphatic heterocycles. The van der Waals surface area contributed by atoms with Gasteiger partial charge in [0, 0.05) is 53.3 Å². The van der Waals surface area contributed by atoms with E-state index in [1.807, 2.05) is 35.2 Å². The van der Waals surface area contributed by atoms with Crippen LogP contribution in [0, 0.1) is 6.92 Å². The summed E-state index contributed by atoms with van der Waals surface area (Å²) in [5, 5.41) is 8.19. The largest absolute Gasteiger partial charge is 0.383 e. The number of H-pyrrole nitrogens is 1. The number of anilines is 3. The van der Waals surface area contributed by atoms with Crippen LogP contribution in [0.2, 0.25) is 0 Å². The summed E-state index contributed by atoms with van der Waals surface area (Å²) in [7, 11) is 0. The van der Waals surface area contributed by atoms with Crippen molar-refractivity contribution in [3.63, 3.8) is 0 Å². The van der Waals surface area contributed by atoms with Crippen molar-refractivity contribution in [2.75, 3.05) is 23.7 Å². The topological polar surface area (TPSA) is 73.1 Å². The van der Waals surface area contributed by atoms with Gasteiger partial charge in [-0.25, -0.2) is 0 Å². The molecule has 35 heavy (non-hydrogen) atoms. The third-order valence-electron chi connectivity index (χ3n) is 6.61. The van der Waals surface area contributed by atoms with Gasteiger partial charge in [-0.1, -0.05) is 18.2 Å². The van der Waals surface area contributed by atoms with Gasteiger partial charge in [0.15, 0.2) is 0 Å². The van der Waals surface area contributed by atoms with Crippen molar-refractivity contribution in [2.24, 2.45) is 0 Å². The van der Waals surface area contributed by atoms with E-state index in [-0.39, 0.29) is 11.9 Å². The standard InChI is InChI=1S/C28H27N5OS/c1-18-14-19-15-21(9-10-23(19)31-18)32-24-11-12-29-25-16-26(35-27(24)25)28(34)33-13-5-8-22(33)17-30-20-6-3-2-4-7-20/h2-4,6-7,9-12,14-16,22,30-31H,5,8,13,17H2,1H3,(H,29,32)/t22-/m0/s1. The van der Waals surface area contributed by atoms with Crippen LogP contribution in [-0.2, 0) is 0 Å². The quantitative estimate of drug-likeness (QED) is 0.257. The zero-order valence-corrected chi connectivity index (χ0v) is 20.4. The molecule has 6 nitrogen and oxygen atoms in total. The predicted molar refractivity (Wildman–Crippen MR) is 145 cm³/mol. The second kappa shape index (κ2) is 9.07. The number of hydrogen-bond acceptors (Lipinski definition) is 5. The van der Waals surface area contributed by atoms with E-state index < -0.39 is 0 Å². The van der Waals surface area contributed by atoms with Crippen LogP contribution in [0.3, 0.4) is 0 Å². The Balaban J connectivity index is 1.22. The summed E-state index contributed by atoms with van der Waals surface area (Å²) >= 11 is 1.52. The number of para-hydroxylation sites is 1. The Morgan fingerprint density at radius 1 is 1.11 bits per heavy atom. The number of pyridine rings is 1. The second-order valence-electron chi connectivity index (χ2n) is 9.10. The summed E-state index contributed by atoms with van der Waals surface area (Å²) in [6.45, 7) is 3.61. The number of aryl methyl sites for hydroxylation is 1. The number of benzene rings is 2. The van der Waals surface area contributed by atoms with Crippen LogP contribution in [0.5, 0.6) is 0 Å². The lowest BCUT2D eigenvalue weighted by Gasteiger charge is -2.25. The maximum Gasteiger partial charge on any atom is 0.264 e. The number of likely N-dealkylation sites (tertiary alicyclic amines) is 1. The van der Waals surface area contributed by atoms with Crippen molar-refractivity contribution in [2.45, 2.75) is 25.8 Å². The number of carbonyl (C=O) groups is 1. The monoisotopic (exact) mass is 481 g/mol. The van der Waals surface area contributed by atoms with Crippen molar-refractivity contribution in [1.29, 1.82) is 0 Å². The third-order valence-corrected chi connectivity index (χ3v) is 7.76. The number of aromatic nitrogens is 2. The van der Waals surface area contributed by atoms with Gasteiger partial charge in [0.1, 0.15) is 0 Å². The van der Waals surface area contributed by atoms with Gasteiger partial charge in [0.05, 0.1) is 20.8 Å². The van der Waals surface area contributed by atoms with Crippen molar-refractivity contribution in [1.82, 2.24) is 14.9 Å². The average molecular weight is 482 g/mol. The van der Waals surface area contributed by atoms with Crippen LogP contribution < -0.4 is 10.6 Å². The fourth-order valence-electron chi connectivity index (χ4n) is 4.90. The van der Waals surface area contributed by atoms with Crippen LogP contribution >= 0.6 is 11.3 Å². The van der Waals surface area contributed by atoms with Crippen LogP contribution in [0.1, 0.15) is 28.2 Å². The first-order chi connectivity index (χ1) is 17.1. The van der Waals surface area contributed by atoms with E-state index >= 15 is 0 Å². The zero-order chi connectivity index (χ0) is 23.8. The number of thiophene rings is 1. The highest BCUT2D eigenvalue weighted by molar-refractivity contribution is 7.21. The number of hydrogen-bond donors (Lipinski definition) is 3. The summed E-state index contributed by atoms with van der Waals surface area (Å²) in [6.07, 6.45) is 3.85. The van der Waals surface area contributed by atoms with Crippen molar-refractivity contribution in [3.8, 4) is 0 Å². The first-order valence-corrected chi connectivity index (χ1v) is 12.8. The van der Waals surface area contributed by atoms with Gasteiger partial charge < -0.3 is 20.5 Å². The summed E-state index contributed by atoms with van der Waals surface area (Å²) in [5.74, 6) is 0.0977. The van der Waals surface area contributed by atoms with Crippen molar-refractivity contribution >= 4 is 55.4 Å². The molecule has 1 amide bonds. The molecular weight excluding hydrogens is 454 g/mol. The SMILES string of the molecule is Cc1cc2cc(Nc3ccnc4cc(C(=O)N5CCC[C@H]5CNc5ccccc5)sc34)ccc2[nH]1. The summed E-state index contributed by atoms with van der Waals surface area (Å²) < 4.78 is 0.999. The first-order valence-electron chi connectivity index (χ1n) is 12.0. The fraction of sp³-hybridized carbons (Fsp3) is 0.214. The maximum atomic E-state index is 13.5.